The summed E-state index contributed by atoms with van der Waals surface area (Å²) in [7, 11) is 3.72. The molecule has 25 heavy (non-hydrogen) atoms. The summed E-state index contributed by atoms with van der Waals surface area (Å²) in [5.41, 5.74) is 4.70. The molecule has 0 radical (unpaired) electrons. The summed E-state index contributed by atoms with van der Waals surface area (Å²) >= 11 is 0. The van der Waals surface area contributed by atoms with E-state index in [1.807, 2.05) is 11.9 Å². The maximum absolute atomic E-state index is 11.2. The molecule has 1 fully saturated rings. The second kappa shape index (κ2) is 9.69. The van der Waals surface area contributed by atoms with Crippen LogP contribution >= 0.6 is 0 Å². The van der Waals surface area contributed by atoms with Gasteiger partial charge in [-0.3, -0.25) is 24.2 Å². The predicted molar refractivity (Wildman–Crippen MR) is 92.2 cm³/mol. The van der Waals surface area contributed by atoms with E-state index in [-0.39, 0.29) is 19.0 Å². The third-order valence-corrected chi connectivity index (χ3v) is 4.74. The Labute approximate surface area is 148 Å². The van der Waals surface area contributed by atoms with Gasteiger partial charge in [-0.15, -0.1) is 0 Å². The zero-order chi connectivity index (χ0) is 19.0. The summed E-state index contributed by atoms with van der Waals surface area (Å²) in [4.78, 5) is 39.1. The Bertz CT molecular complexity index is 487. The van der Waals surface area contributed by atoms with Crippen molar-refractivity contribution in [2.45, 2.75) is 31.2 Å². The first-order valence-electron chi connectivity index (χ1n) is 8.48. The van der Waals surface area contributed by atoms with E-state index in [1.165, 1.54) is 0 Å². The average molecular weight is 358 g/mol. The van der Waals surface area contributed by atoms with Crippen LogP contribution in [0.15, 0.2) is 0 Å². The molecule has 0 aromatic heterocycles. The fourth-order valence-electron chi connectivity index (χ4n) is 3.48. The fourth-order valence-corrected chi connectivity index (χ4v) is 3.48. The Morgan fingerprint density at radius 2 is 1.80 bits per heavy atom. The fraction of sp³-hybridized carbons (Fsp3) is 0.812. The number of unbranched alkanes of at least 4 members (excludes halogenated alkanes) is 1. The number of carboxylic acids is 2. The van der Waals surface area contributed by atoms with Crippen LogP contribution < -0.4 is 5.73 Å². The highest BCUT2D eigenvalue weighted by Crippen LogP contribution is 2.26. The number of nitrogens with two attached hydrogens (primary N) is 1. The Morgan fingerprint density at radius 3 is 2.36 bits per heavy atom. The normalized spacial score (nSPS) is 22.7. The zero-order valence-corrected chi connectivity index (χ0v) is 15.1. The molecule has 1 aliphatic rings. The number of likely N-dealkylation sites (N-methyl/N-ethyl adjacent to an activating group) is 2. The molecule has 0 aliphatic carbocycles. The van der Waals surface area contributed by atoms with Crippen molar-refractivity contribution >= 4 is 17.8 Å². The van der Waals surface area contributed by atoms with Crippen molar-refractivity contribution in [3.63, 3.8) is 0 Å². The predicted octanol–water partition coefficient (Wildman–Crippen LogP) is -0.881. The van der Waals surface area contributed by atoms with Crippen LogP contribution in [0, 0.1) is 0 Å². The number of nitrogens with zero attached hydrogens (tertiary/aromatic N) is 3. The van der Waals surface area contributed by atoms with Gasteiger partial charge < -0.3 is 20.8 Å². The summed E-state index contributed by atoms with van der Waals surface area (Å²) < 4.78 is 0. The second-order valence-corrected chi connectivity index (χ2v) is 6.99. The number of hydrogen-bond acceptors (Lipinski definition) is 6. The van der Waals surface area contributed by atoms with Crippen LogP contribution in [0.25, 0.3) is 0 Å². The summed E-state index contributed by atoms with van der Waals surface area (Å²) in [6.45, 7) is 2.26. The zero-order valence-electron chi connectivity index (χ0n) is 15.1. The topological polar surface area (TPSA) is 127 Å². The van der Waals surface area contributed by atoms with Gasteiger partial charge in [0.1, 0.15) is 0 Å². The van der Waals surface area contributed by atoms with Crippen molar-refractivity contribution in [2.24, 2.45) is 5.73 Å². The Balaban J connectivity index is 2.95. The number of carboxylic acid groups (broad SMARTS) is 2. The first-order valence-corrected chi connectivity index (χ1v) is 8.48. The second-order valence-electron chi connectivity index (χ2n) is 6.99. The van der Waals surface area contributed by atoms with Crippen LogP contribution in [0.1, 0.15) is 25.7 Å². The molecule has 1 amide bonds. The minimum Gasteiger partial charge on any atom is -0.480 e. The van der Waals surface area contributed by atoms with Gasteiger partial charge in [0.05, 0.1) is 13.1 Å². The first kappa shape index (κ1) is 21.3. The number of aliphatic carboxylic acids is 2. The largest absolute Gasteiger partial charge is 0.480 e. The number of carbonyl (C=O) groups excluding carboxylic acids is 1. The first-order chi connectivity index (χ1) is 11.6. The van der Waals surface area contributed by atoms with Gasteiger partial charge >= 0.3 is 11.9 Å². The molecule has 1 saturated heterocycles. The van der Waals surface area contributed by atoms with Crippen molar-refractivity contribution < 1.29 is 24.6 Å². The number of rotatable bonds is 10. The molecule has 4 N–H and O–H groups in total. The van der Waals surface area contributed by atoms with E-state index in [0.29, 0.717) is 38.9 Å². The van der Waals surface area contributed by atoms with Gasteiger partial charge in [-0.1, -0.05) is 6.42 Å². The van der Waals surface area contributed by atoms with E-state index in [2.05, 4.69) is 4.90 Å². The third-order valence-electron chi connectivity index (χ3n) is 4.74. The molecule has 9 heteroatoms. The van der Waals surface area contributed by atoms with E-state index >= 15 is 0 Å². The maximum Gasteiger partial charge on any atom is 0.317 e. The molecule has 0 bridgehead atoms. The summed E-state index contributed by atoms with van der Waals surface area (Å²) in [5, 5.41) is 18.3. The SMILES string of the molecule is CN1CCN(CC(=O)O)CC(CCCCC(N)=O)(N(C)CC(=O)O)C1. The smallest absolute Gasteiger partial charge is 0.317 e. The van der Waals surface area contributed by atoms with Gasteiger partial charge in [0.25, 0.3) is 0 Å². The molecule has 0 spiro atoms. The molecule has 1 atom stereocenters. The van der Waals surface area contributed by atoms with Crippen LogP contribution in [-0.2, 0) is 14.4 Å². The van der Waals surface area contributed by atoms with E-state index in [9.17, 15) is 19.5 Å². The molecular formula is C16H30N4O5. The van der Waals surface area contributed by atoms with Crippen molar-refractivity contribution in [2.75, 3.05) is 53.4 Å². The molecule has 1 aliphatic heterocycles. The van der Waals surface area contributed by atoms with Crippen molar-refractivity contribution in [3.05, 3.63) is 0 Å². The molecule has 1 unspecified atom stereocenters. The highest BCUT2D eigenvalue weighted by Gasteiger charge is 2.40. The van der Waals surface area contributed by atoms with Crippen LogP contribution in [0.4, 0.5) is 0 Å². The summed E-state index contributed by atoms with van der Waals surface area (Å²) in [5.74, 6) is -2.16. The highest BCUT2D eigenvalue weighted by atomic mass is 16.4. The van der Waals surface area contributed by atoms with Gasteiger partial charge in [-0.05, 0) is 26.9 Å². The van der Waals surface area contributed by atoms with Gasteiger partial charge in [-0.2, -0.15) is 0 Å². The lowest BCUT2D eigenvalue weighted by Crippen LogP contribution is -2.59. The lowest BCUT2D eigenvalue weighted by Gasteiger charge is -2.44. The van der Waals surface area contributed by atoms with Gasteiger partial charge in [0.2, 0.25) is 5.91 Å². The highest BCUT2D eigenvalue weighted by molar-refractivity contribution is 5.73. The maximum atomic E-state index is 11.2. The number of primary amides is 1. The number of carbonyl (C=O) groups is 3. The van der Waals surface area contributed by atoms with Crippen LogP contribution in [0.2, 0.25) is 0 Å². The Hall–Kier alpha value is -1.71. The van der Waals surface area contributed by atoms with Crippen LogP contribution in [-0.4, -0.2) is 102 Å². The van der Waals surface area contributed by atoms with E-state index in [1.54, 1.807) is 11.9 Å². The van der Waals surface area contributed by atoms with Crippen molar-refractivity contribution in [3.8, 4) is 0 Å². The molecule has 0 aromatic carbocycles. The summed E-state index contributed by atoms with van der Waals surface area (Å²) in [6, 6.07) is 0. The Kier molecular flexibility index (Phi) is 8.27. The van der Waals surface area contributed by atoms with Gasteiger partial charge in [0.15, 0.2) is 0 Å². The summed E-state index contributed by atoms with van der Waals surface area (Å²) in [6.07, 6.45) is 2.33. The third kappa shape index (κ3) is 7.37. The minimum absolute atomic E-state index is 0.0716. The molecule has 144 valence electrons. The van der Waals surface area contributed by atoms with E-state index in [0.717, 1.165) is 13.0 Å². The van der Waals surface area contributed by atoms with Gasteiger partial charge in [-0.25, -0.2) is 0 Å². The lowest BCUT2D eigenvalue weighted by atomic mass is 9.89. The standard InChI is InChI=1S/C16H30N4O5/c1-18-7-8-20(10-15(24)25)12-16(11-18,19(2)9-14(22)23)6-4-3-5-13(17)21/h3-12H2,1-2H3,(H2,17,21)(H,22,23)(H,24,25). The molecule has 9 nitrogen and oxygen atoms in total. The lowest BCUT2D eigenvalue weighted by molar-refractivity contribution is -0.141. The molecule has 1 rings (SSSR count). The van der Waals surface area contributed by atoms with Crippen LogP contribution in [0.3, 0.4) is 0 Å². The van der Waals surface area contributed by atoms with Crippen molar-refractivity contribution in [1.29, 1.82) is 0 Å². The van der Waals surface area contributed by atoms with E-state index < -0.39 is 17.5 Å². The monoisotopic (exact) mass is 358 g/mol. The molecular weight excluding hydrogens is 328 g/mol. The van der Waals surface area contributed by atoms with Gasteiger partial charge in [0, 0.05) is 38.1 Å². The molecule has 1 heterocycles. The number of amides is 1. The van der Waals surface area contributed by atoms with E-state index in [4.69, 9.17) is 10.8 Å². The minimum atomic E-state index is -0.921. The average Bonchev–Trinajstić information content (AvgIpc) is 2.62. The van der Waals surface area contributed by atoms with Crippen molar-refractivity contribution in [1.82, 2.24) is 14.7 Å². The number of hydrogen-bond donors (Lipinski definition) is 3. The Morgan fingerprint density at radius 1 is 1.12 bits per heavy atom. The quantitative estimate of drug-likeness (QED) is 0.430. The molecule has 0 saturated carbocycles. The molecule has 0 aromatic rings. The van der Waals surface area contributed by atoms with Crippen LogP contribution in [0.5, 0.6) is 0 Å².